The summed E-state index contributed by atoms with van der Waals surface area (Å²) in [6.45, 7) is 3.37. The van der Waals surface area contributed by atoms with Crippen LogP contribution in [0.25, 0.3) is 11.2 Å². The fourth-order valence-electron chi connectivity index (χ4n) is 2.90. The first-order valence-electron chi connectivity index (χ1n) is 7.21. The molecular formula is C15H18N4O2. The monoisotopic (exact) mass is 286 g/mol. The van der Waals surface area contributed by atoms with Gasteiger partial charge in [-0.25, -0.2) is 9.97 Å². The number of hydrogen-bond donors (Lipinski definition) is 1. The molecule has 0 radical (unpaired) electrons. The summed E-state index contributed by atoms with van der Waals surface area (Å²) < 4.78 is 0. The molecule has 0 saturated carbocycles. The third-order valence-corrected chi connectivity index (χ3v) is 4.49. The van der Waals surface area contributed by atoms with E-state index in [4.69, 9.17) is 0 Å². The van der Waals surface area contributed by atoms with E-state index in [0.717, 1.165) is 11.3 Å². The Labute approximate surface area is 122 Å². The van der Waals surface area contributed by atoms with Gasteiger partial charge in [-0.05, 0) is 31.4 Å². The molecule has 0 bridgehead atoms. The van der Waals surface area contributed by atoms with E-state index in [1.54, 1.807) is 12.4 Å². The van der Waals surface area contributed by atoms with Gasteiger partial charge in [0, 0.05) is 25.5 Å². The third-order valence-electron chi connectivity index (χ3n) is 4.49. The van der Waals surface area contributed by atoms with Crippen molar-refractivity contribution in [3.05, 3.63) is 24.5 Å². The van der Waals surface area contributed by atoms with Gasteiger partial charge in [-0.2, -0.15) is 0 Å². The zero-order valence-electron chi connectivity index (χ0n) is 12.0. The molecule has 3 heterocycles. The number of nitrogens with zero attached hydrogens (tertiary/aromatic N) is 4. The van der Waals surface area contributed by atoms with Crippen LogP contribution < -0.4 is 4.90 Å². The van der Waals surface area contributed by atoms with Gasteiger partial charge in [0.25, 0.3) is 0 Å². The summed E-state index contributed by atoms with van der Waals surface area (Å²) in [6.07, 6.45) is 5.25. The zero-order valence-corrected chi connectivity index (χ0v) is 12.0. The first-order valence-corrected chi connectivity index (χ1v) is 7.21. The minimum atomic E-state index is -0.679. The molecule has 0 aromatic carbocycles. The van der Waals surface area contributed by atoms with Gasteiger partial charge in [0.15, 0.2) is 5.65 Å². The van der Waals surface area contributed by atoms with Gasteiger partial charge in [0.2, 0.25) is 0 Å². The number of carboxylic acid groups (broad SMARTS) is 1. The highest BCUT2D eigenvalue weighted by molar-refractivity contribution is 5.75. The number of fused-ring (bicyclic) bond motifs is 1. The molecule has 3 rings (SSSR count). The minimum absolute atomic E-state index is 0.576. The van der Waals surface area contributed by atoms with Crippen molar-refractivity contribution in [2.75, 3.05) is 18.0 Å². The van der Waals surface area contributed by atoms with Crippen molar-refractivity contribution in [3.8, 4) is 0 Å². The number of hydrogen-bond acceptors (Lipinski definition) is 5. The van der Waals surface area contributed by atoms with E-state index in [0.29, 0.717) is 38.0 Å². The lowest BCUT2D eigenvalue weighted by atomic mass is 9.76. The fraction of sp³-hybridized carbons (Fsp3) is 0.467. The first kappa shape index (κ1) is 13.7. The van der Waals surface area contributed by atoms with Crippen LogP contribution in [0.1, 0.15) is 26.2 Å². The van der Waals surface area contributed by atoms with Crippen molar-refractivity contribution in [2.24, 2.45) is 5.41 Å². The molecule has 0 atom stereocenters. The lowest BCUT2D eigenvalue weighted by Gasteiger charge is -2.38. The normalized spacial score (nSPS) is 17.9. The summed E-state index contributed by atoms with van der Waals surface area (Å²) >= 11 is 0. The van der Waals surface area contributed by atoms with Crippen LogP contribution in [0.15, 0.2) is 24.5 Å². The number of pyridine rings is 1. The quantitative estimate of drug-likeness (QED) is 0.931. The van der Waals surface area contributed by atoms with Gasteiger partial charge < -0.3 is 10.0 Å². The molecule has 110 valence electrons. The Balaban J connectivity index is 1.81. The maximum Gasteiger partial charge on any atom is 0.309 e. The largest absolute Gasteiger partial charge is 0.481 e. The predicted molar refractivity (Wildman–Crippen MR) is 79.1 cm³/mol. The Morgan fingerprint density at radius 2 is 2.00 bits per heavy atom. The topological polar surface area (TPSA) is 79.2 Å². The standard InChI is InChI=1S/C15H18N4O2/c1-2-15(14(20)21)5-9-19(10-6-15)12-4-3-11-13(18-12)17-8-7-16-11/h3-4,7-8H,2,5-6,9-10H2,1H3,(H,20,21). The number of carboxylic acids is 1. The molecule has 2 aromatic rings. The van der Waals surface area contributed by atoms with Crippen LogP contribution in [0, 0.1) is 5.41 Å². The van der Waals surface area contributed by atoms with E-state index >= 15 is 0 Å². The van der Waals surface area contributed by atoms with Crippen molar-refractivity contribution in [3.63, 3.8) is 0 Å². The fourth-order valence-corrected chi connectivity index (χ4v) is 2.90. The number of carbonyl (C=O) groups is 1. The number of anilines is 1. The molecule has 0 amide bonds. The number of rotatable bonds is 3. The van der Waals surface area contributed by atoms with Crippen molar-refractivity contribution in [1.82, 2.24) is 15.0 Å². The summed E-state index contributed by atoms with van der Waals surface area (Å²) in [6, 6.07) is 3.83. The maximum atomic E-state index is 11.5. The van der Waals surface area contributed by atoms with Crippen LogP contribution in [-0.4, -0.2) is 39.1 Å². The summed E-state index contributed by atoms with van der Waals surface area (Å²) in [5, 5.41) is 9.43. The summed E-state index contributed by atoms with van der Waals surface area (Å²) in [7, 11) is 0. The van der Waals surface area contributed by atoms with Gasteiger partial charge >= 0.3 is 5.97 Å². The van der Waals surface area contributed by atoms with Crippen LogP contribution >= 0.6 is 0 Å². The summed E-state index contributed by atoms with van der Waals surface area (Å²) in [5.41, 5.74) is 0.819. The average molecular weight is 286 g/mol. The van der Waals surface area contributed by atoms with Gasteiger partial charge in [0.05, 0.1) is 5.41 Å². The number of piperidine rings is 1. The SMILES string of the molecule is CCC1(C(=O)O)CCN(c2ccc3nccnc3n2)CC1. The van der Waals surface area contributed by atoms with Crippen LogP contribution in [0.5, 0.6) is 0 Å². The van der Waals surface area contributed by atoms with Crippen molar-refractivity contribution < 1.29 is 9.90 Å². The third kappa shape index (κ3) is 2.41. The minimum Gasteiger partial charge on any atom is -0.481 e. The lowest BCUT2D eigenvalue weighted by molar-refractivity contribution is -0.150. The molecule has 0 unspecified atom stereocenters. The van der Waals surface area contributed by atoms with E-state index in [-0.39, 0.29) is 0 Å². The van der Waals surface area contributed by atoms with E-state index in [1.807, 2.05) is 19.1 Å². The first-order chi connectivity index (χ1) is 10.1. The Kier molecular flexibility index (Phi) is 3.45. The molecule has 1 fully saturated rings. The molecule has 6 nitrogen and oxygen atoms in total. The van der Waals surface area contributed by atoms with E-state index < -0.39 is 11.4 Å². The van der Waals surface area contributed by atoms with Gasteiger partial charge in [0.1, 0.15) is 11.3 Å². The van der Waals surface area contributed by atoms with Gasteiger partial charge in [-0.1, -0.05) is 6.92 Å². The Bertz CT molecular complexity index is 666. The van der Waals surface area contributed by atoms with E-state index in [2.05, 4.69) is 19.9 Å². The van der Waals surface area contributed by atoms with Crippen LogP contribution in [0.4, 0.5) is 5.82 Å². The highest BCUT2D eigenvalue weighted by Gasteiger charge is 2.40. The van der Waals surface area contributed by atoms with E-state index in [1.165, 1.54) is 0 Å². The van der Waals surface area contributed by atoms with Gasteiger partial charge in [-0.15, -0.1) is 0 Å². The molecular weight excluding hydrogens is 268 g/mol. The lowest BCUT2D eigenvalue weighted by Crippen LogP contribution is -2.44. The zero-order chi connectivity index (χ0) is 14.9. The van der Waals surface area contributed by atoms with Crippen LogP contribution in [0.3, 0.4) is 0 Å². The van der Waals surface area contributed by atoms with Crippen LogP contribution in [-0.2, 0) is 4.79 Å². The molecule has 1 aliphatic rings. The second-order valence-electron chi connectivity index (χ2n) is 5.49. The van der Waals surface area contributed by atoms with E-state index in [9.17, 15) is 9.90 Å². The van der Waals surface area contributed by atoms with Crippen LogP contribution in [0.2, 0.25) is 0 Å². The molecule has 1 aliphatic heterocycles. The second-order valence-corrected chi connectivity index (χ2v) is 5.49. The van der Waals surface area contributed by atoms with Gasteiger partial charge in [-0.3, -0.25) is 9.78 Å². The second kappa shape index (κ2) is 5.27. The molecule has 0 spiro atoms. The Morgan fingerprint density at radius 1 is 1.29 bits per heavy atom. The predicted octanol–water partition coefficient (Wildman–Crippen LogP) is 2.11. The molecule has 6 heteroatoms. The van der Waals surface area contributed by atoms with Crippen molar-refractivity contribution >= 4 is 23.0 Å². The summed E-state index contributed by atoms with van der Waals surface area (Å²) in [5.74, 6) is 0.167. The molecule has 2 aromatic heterocycles. The molecule has 1 N–H and O–H groups in total. The maximum absolute atomic E-state index is 11.5. The molecule has 21 heavy (non-hydrogen) atoms. The number of aromatic nitrogens is 3. The molecule has 0 aliphatic carbocycles. The highest BCUT2D eigenvalue weighted by Crippen LogP contribution is 2.36. The smallest absolute Gasteiger partial charge is 0.309 e. The Hall–Kier alpha value is -2.24. The molecule has 1 saturated heterocycles. The summed E-state index contributed by atoms with van der Waals surface area (Å²) in [4.78, 5) is 26.5. The van der Waals surface area contributed by atoms with Crippen molar-refractivity contribution in [2.45, 2.75) is 26.2 Å². The van der Waals surface area contributed by atoms with Crippen molar-refractivity contribution in [1.29, 1.82) is 0 Å². The highest BCUT2D eigenvalue weighted by atomic mass is 16.4. The average Bonchev–Trinajstić information content (AvgIpc) is 2.54. The number of aliphatic carboxylic acids is 1. The Morgan fingerprint density at radius 3 is 2.67 bits per heavy atom.